The molecule has 0 bridgehead atoms. The van der Waals surface area contributed by atoms with Gasteiger partial charge in [-0.15, -0.1) is 0 Å². The monoisotopic (exact) mass is 439 g/mol. The molecule has 1 N–H and O–H groups in total. The van der Waals surface area contributed by atoms with E-state index in [0.29, 0.717) is 18.1 Å². The van der Waals surface area contributed by atoms with E-state index in [2.05, 4.69) is 40.8 Å². The molecule has 0 unspecified atom stereocenters. The third-order valence-electron chi connectivity index (χ3n) is 4.78. The van der Waals surface area contributed by atoms with Crippen LogP contribution in [0.25, 0.3) is 11.3 Å². The lowest BCUT2D eigenvalue weighted by Crippen LogP contribution is -2.36. The molecule has 0 radical (unpaired) electrons. The maximum Gasteiger partial charge on any atom is 0.408 e. The molecule has 1 amide bonds. The fourth-order valence-electron chi connectivity index (χ4n) is 3.46. The molecule has 8 nitrogen and oxygen atoms in total. The minimum Gasteiger partial charge on any atom is -0.444 e. The van der Waals surface area contributed by atoms with Crippen LogP contribution in [0.2, 0.25) is 0 Å². The van der Waals surface area contributed by atoms with Crippen molar-refractivity contribution in [2.75, 3.05) is 0 Å². The molecular formula is C24H33N5O3. The zero-order valence-corrected chi connectivity index (χ0v) is 20.2. The maximum absolute atomic E-state index is 12.4. The second kappa shape index (κ2) is 8.76. The lowest BCUT2D eigenvalue weighted by Gasteiger charge is -2.22. The molecule has 2 heterocycles. The number of imidazole rings is 1. The third kappa shape index (κ3) is 5.96. The largest absolute Gasteiger partial charge is 0.444 e. The van der Waals surface area contributed by atoms with E-state index < -0.39 is 17.7 Å². The molecule has 0 aliphatic carbocycles. The Morgan fingerprint density at radius 1 is 1.12 bits per heavy atom. The van der Waals surface area contributed by atoms with Gasteiger partial charge in [-0.3, -0.25) is 0 Å². The number of aryl methyl sites for hydroxylation is 2. The van der Waals surface area contributed by atoms with Crippen LogP contribution in [0.15, 0.2) is 35.0 Å². The molecule has 2 aromatic heterocycles. The lowest BCUT2D eigenvalue weighted by atomic mass is 9.96. The molecule has 3 aromatic rings. The minimum absolute atomic E-state index is 0.0315. The van der Waals surface area contributed by atoms with E-state index in [4.69, 9.17) is 14.2 Å². The van der Waals surface area contributed by atoms with Crippen LogP contribution in [-0.2, 0) is 23.6 Å². The van der Waals surface area contributed by atoms with Crippen LogP contribution in [-0.4, -0.2) is 31.4 Å². The number of aromatic nitrogens is 4. The van der Waals surface area contributed by atoms with Crippen LogP contribution in [0.3, 0.4) is 0 Å². The Morgan fingerprint density at radius 3 is 2.28 bits per heavy atom. The summed E-state index contributed by atoms with van der Waals surface area (Å²) in [6.07, 6.45) is 2.02. The molecule has 1 aromatic carbocycles. The van der Waals surface area contributed by atoms with Gasteiger partial charge in [0.2, 0.25) is 5.89 Å². The van der Waals surface area contributed by atoms with Crippen molar-refractivity contribution in [3.05, 3.63) is 53.6 Å². The van der Waals surface area contributed by atoms with Crippen LogP contribution in [0.1, 0.15) is 70.7 Å². The van der Waals surface area contributed by atoms with Gasteiger partial charge in [-0.2, -0.15) is 4.98 Å². The number of nitrogens with zero attached hydrogens (tertiary/aromatic N) is 4. The predicted molar refractivity (Wildman–Crippen MR) is 122 cm³/mol. The first kappa shape index (κ1) is 23.5. The molecule has 8 heteroatoms. The highest BCUT2D eigenvalue weighted by atomic mass is 16.6. The number of alkyl carbamates (subject to hydrolysis) is 1. The van der Waals surface area contributed by atoms with Crippen LogP contribution >= 0.6 is 0 Å². The quantitative estimate of drug-likeness (QED) is 0.608. The zero-order chi connectivity index (χ0) is 23.7. The van der Waals surface area contributed by atoms with Gasteiger partial charge >= 0.3 is 6.09 Å². The second-order valence-corrected chi connectivity index (χ2v) is 10.1. The Balaban J connectivity index is 1.79. The maximum atomic E-state index is 12.4. The SMILES string of the molecule is Cc1nc([C@H](Cc2ccc(-c3cn(C)c(C(C)(C)C)n3)cc2)NC(=O)OC(C)(C)C)no1. The van der Waals surface area contributed by atoms with Gasteiger partial charge in [-0.1, -0.05) is 50.2 Å². The fourth-order valence-corrected chi connectivity index (χ4v) is 3.46. The standard InChI is InChI=1S/C24H33N5O3/c1-15-25-20(28-32-15)18(27-22(30)31-24(5,6)7)13-16-9-11-17(12-10-16)19-14-29(8)21(26-19)23(2,3)4/h9-12,14,18H,13H2,1-8H3,(H,27,30)/t18-/m0/s1. The Labute approximate surface area is 189 Å². The van der Waals surface area contributed by atoms with Gasteiger partial charge in [0.05, 0.1) is 11.7 Å². The summed E-state index contributed by atoms with van der Waals surface area (Å²) in [6, 6.07) is 7.65. The molecule has 1 atom stereocenters. The molecule has 172 valence electrons. The van der Waals surface area contributed by atoms with Crippen molar-refractivity contribution in [1.29, 1.82) is 0 Å². The van der Waals surface area contributed by atoms with Crippen molar-refractivity contribution < 1.29 is 14.1 Å². The number of ether oxygens (including phenoxy) is 1. The average Bonchev–Trinajstić information content (AvgIpc) is 3.26. The summed E-state index contributed by atoms with van der Waals surface area (Å²) in [6.45, 7) is 13.6. The van der Waals surface area contributed by atoms with Gasteiger partial charge in [0.1, 0.15) is 11.4 Å². The third-order valence-corrected chi connectivity index (χ3v) is 4.78. The van der Waals surface area contributed by atoms with Crippen molar-refractivity contribution >= 4 is 6.09 Å². The minimum atomic E-state index is -0.599. The van der Waals surface area contributed by atoms with E-state index in [1.807, 2.05) is 58.3 Å². The predicted octanol–water partition coefficient (Wildman–Crippen LogP) is 4.88. The lowest BCUT2D eigenvalue weighted by molar-refractivity contribution is 0.0500. The van der Waals surface area contributed by atoms with Crippen molar-refractivity contribution in [2.24, 2.45) is 7.05 Å². The van der Waals surface area contributed by atoms with E-state index in [1.165, 1.54) is 0 Å². The number of benzene rings is 1. The first-order valence-corrected chi connectivity index (χ1v) is 10.7. The summed E-state index contributed by atoms with van der Waals surface area (Å²) in [5.74, 6) is 1.89. The van der Waals surface area contributed by atoms with Crippen LogP contribution in [0, 0.1) is 6.92 Å². The Bertz CT molecular complexity index is 1070. The first-order valence-electron chi connectivity index (χ1n) is 10.7. The molecule has 0 aliphatic heterocycles. The van der Waals surface area contributed by atoms with E-state index in [-0.39, 0.29) is 5.41 Å². The van der Waals surface area contributed by atoms with E-state index >= 15 is 0 Å². The number of hydrogen-bond donors (Lipinski definition) is 1. The highest BCUT2D eigenvalue weighted by molar-refractivity contribution is 5.68. The normalized spacial score (nSPS) is 13.1. The topological polar surface area (TPSA) is 95.1 Å². The van der Waals surface area contributed by atoms with Crippen molar-refractivity contribution in [3.8, 4) is 11.3 Å². The summed E-state index contributed by atoms with van der Waals surface area (Å²) < 4.78 is 12.6. The Morgan fingerprint density at radius 2 is 1.78 bits per heavy atom. The van der Waals surface area contributed by atoms with Gasteiger partial charge in [0.15, 0.2) is 5.82 Å². The number of rotatable bonds is 5. The highest BCUT2D eigenvalue weighted by Gasteiger charge is 2.24. The molecule has 0 aliphatic rings. The number of nitrogens with one attached hydrogen (secondary N) is 1. The van der Waals surface area contributed by atoms with Crippen molar-refractivity contribution in [1.82, 2.24) is 25.0 Å². The van der Waals surface area contributed by atoms with Gasteiger partial charge in [-0.25, -0.2) is 9.78 Å². The molecule has 0 fully saturated rings. The average molecular weight is 440 g/mol. The number of carbonyl (C=O) groups is 1. The molecule has 0 saturated heterocycles. The van der Waals surface area contributed by atoms with Gasteiger partial charge in [-0.05, 0) is 26.3 Å². The fraction of sp³-hybridized carbons (Fsp3) is 0.500. The van der Waals surface area contributed by atoms with Gasteiger partial charge < -0.3 is 19.1 Å². The summed E-state index contributed by atoms with van der Waals surface area (Å²) in [4.78, 5) is 21.5. The molecule has 32 heavy (non-hydrogen) atoms. The van der Waals surface area contributed by atoms with Crippen LogP contribution in [0.4, 0.5) is 4.79 Å². The number of hydrogen-bond acceptors (Lipinski definition) is 6. The molecule has 0 spiro atoms. The van der Waals surface area contributed by atoms with E-state index in [1.54, 1.807) is 6.92 Å². The molecule has 3 rings (SSSR count). The summed E-state index contributed by atoms with van der Waals surface area (Å²) in [7, 11) is 2.02. The second-order valence-electron chi connectivity index (χ2n) is 10.1. The first-order chi connectivity index (χ1) is 14.8. The van der Waals surface area contributed by atoms with Crippen LogP contribution in [0.5, 0.6) is 0 Å². The molecule has 0 saturated carbocycles. The Kier molecular flexibility index (Phi) is 6.44. The number of carbonyl (C=O) groups excluding carboxylic acids is 1. The zero-order valence-electron chi connectivity index (χ0n) is 20.2. The smallest absolute Gasteiger partial charge is 0.408 e. The highest BCUT2D eigenvalue weighted by Crippen LogP contribution is 2.26. The van der Waals surface area contributed by atoms with Gasteiger partial charge in [0, 0.05) is 37.6 Å². The van der Waals surface area contributed by atoms with Gasteiger partial charge in [0.25, 0.3) is 0 Å². The summed E-state index contributed by atoms with van der Waals surface area (Å²) in [5, 5.41) is 6.86. The number of amides is 1. The molecular weight excluding hydrogens is 406 g/mol. The summed E-state index contributed by atoms with van der Waals surface area (Å²) in [5.41, 5.74) is 2.35. The van der Waals surface area contributed by atoms with Crippen molar-refractivity contribution in [3.63, 3.8) is 0 Å². The van der Waals surface area contributed by atoms with E-state index in [9.17, 15) is 4.79 Å². The van der Waals surface area contributed by atoms with E-state index in [0.717, 1.165) is 22.6 Å². The Hall–Kier alpha value is -3.16. The summed E-state index contributed by atoms with van der Waals surface area (Å²) >= 11 is 0. The van der Waals surface area contributed by atoms with Crippen LogP contribution < -0.4 is 5.32 Å². The van der Waals surface area contributed by atoms with Crippen molar-refractivity contribution in [2.45, 2.75) is 71.9 Å².